The summed E-state index contributed by atoms with van der Waals surface area (Å²) in [6, 6.07) is 10.6. The van der Waals surface area contributed by atoms with Crippen LogP contribution in [-0.4, -0.2) is 38.2 Å². The van der Waals surface area contributed by atoms with E-state index < -0.39 is 5.97 Å². The lowest BCUT2D eigenvalue weighted by Gasteiger charge is -2.10. The zero-order chi connectivity index (χ0) is 19.2. The molecule has 2 aromatic carbocycles. The molecule has 0 unspecified atom stereocenters. The minimum atomic E-state index is -0.600. The number of ketones is 1. The van der Waals surface area contributed by atoms with Crippen molar-refractivity contribution in [3.8, 4) is 17.2 Å². The van der Waals surface area contributed by atoms with Crippen LogP contribution < -0.4 is 14.2 Å². The number of fused-ring (bicyclic) bond motifs is 1. The maximum atomic E-state index is 12.3. The average Bonchev–Trinajstić information content (AvgIpc) is 2.88. The van der Waals surface area contributed by atoms with E-state index in [0.29, 0.717) is 36.0 Å². The van der Waals surface area contributed by atoms with Gasteiger partial charge >= 0.3 is 5.97 Å². The number of hydrogen-bond donors (Lipinski definition) is 0. The van der Waals surface area contributed by atoms with Crippen LogP contribution in [0.2, 0.25) is 0 Å². The van der Waals surface area contributed by atoms with Crippen molar-refractivity contribution in [3.05, 3.63) is 53.1 Å². The maximum absolute atomic E-state index is 12.3. The van der Waals surface area contributed by atoms with E-state index in [9.17, 15) is 9.59 Å². The molecule has 2 aromatic rings. The lowest BCUT2D eigenvalue weighted by atomic mass is 10.1. The molecule has 0 fully saturated rings. The largest absolute Gasteiger partial charge is 0.490 e. The molecular formula is C21H22O6. The average molecular weight is 370 g/mol. The van der Waals surface area contributed by atoms with E-state index in [-0.39, 0.29) is 19.0 Å². The van der Waals surface area contributed by atoms with Crippen LogP contribution in [-0.2, 0) is 9.53 Å². The molecular weight excluding hydrogens is 348 g/mol. The van der Waals surface area contributed by atoms with Gasteiger partial charge in [0.1, 0.15) is 5.75 Å². The maximum Gasteiger partial charge on any atom is 0.344 e. The van der Waals surface area contributed by atoms with E-state index >= 15 is 0 Å². The molecule has 0 radical (unpaired) electrons. The SMILES string of the molecule is Cc1cc(C)cc(OCC(=O)OCC(=O)c2ccc3c(c2)OCCCO3)c1. The van der Waals surface area contributed by atoms with Crippen LogP contribution in [0, 0.1) is 13.8 Å². The fourth-order valence-electron chi connectivity index (χ4n) is 2.77. The van der Waals surface area contributed by atoms with Gasteiger partial charge in [-0.05, 0) is 55.3 Å². The molecule has 0 atom stereocenters. The summed E-state index contributed by atoms with van der Waals surface area (Å²) in [7, 11) is 0. The highest BCUT2D eigenvalue weighted by Gasteiger charge is 2.16. The number of Topliss-reactive ketones (excluding diaryl/α,β-unsaturated/α-hetero) is 1. The van der Waals surface area contributed by atoms with Crippen LogP contribution in [0.1, 0.15) is 27.9 Å². The number of carbonyl (C=O) groups excluding carboxylic acids is 2. The second-order valence-corrected chi connectivity index (χ2v) is 6.41. The molecule has 0 bridgehead atoms. The first-order valence-corrected chi connectivity index (χ1v) is 8.81. The Labute approximate surface area is 158 Å². The summed E-state index contributed by atoms with van der Waals surface area (Å²) in [5.41, 5.74) is 2.49. The van der Waals surface area contributed by atoms with Gasteiger partial charge in [-0.3, -0.25) is 4.79 Å². The van der Waals surface area contributed by atoms with Gasteiger partial charge < -0.3 is 18.9 Å². The summed E-state index contributed by atoms with van der Waals surface area (Å²) in [5.74, 6) is 0.826. The normalized spacial score (nSPS) is 12.8. The molecule has 1 aliphatic rings. The van der Waals surface area contributed by atoms with Crippen LogP contribution >= 0.6 is 0 Å². The number of ether oxygens (including phenoxy) is 4. The summed E-state index contributed by atoms with van der Waals surface area (Å²) in [4.78, 5) is 24.1. The van der Waals surface area contributed by atoms with Gasteiger partial charge in [0.25, 0.3) is 0 Å². The van der Waals surface area contributed by atoms with E-state index in [2.05, 4.69) is 0 Å². The van der Waals surface area contributed by atoms with E-state index in [1.807, 2.05) is 32.0 Å². The monoisotopic (exact) mass is 370 g/mol. The highest BCUT2D eigenvalue weighted by molar-refractivity contribution is 5.98. The Morgan fingerprint density at radius 1 is 0.926 bits per heavy atom. The van der Waals surface area contributed by atoms with Gasteiger partial charge in [-0.2, -0.15) is 0 Å². The molecule has 6 nitrogen and oxygen atoms in total. The molecule has 6 heteroatoms. The fraction of sp³-hybridized carbons (Fsp3) is 0.333. The van der Waals surface area contributed by atoms with Crippen LogP contribution in [0.25, 0.3) is 0 Å². The Hall–Kier alpha value is -3.02. The Kier molecular flexibility index (Phi) is 5.96. The van der Waals surface area contributed by atoms with Crippen molar-refractivity contribution >= 4 is 11.8 Å². The third-order valence-corrected chi connectivity index (χ3v) is 3.99. The van der Waals surface area contributed by atoms with Gasteiger partial charge in [-0.25, -0.2) is 4.79 Å². The molecule has 0 aliphatic carbocycles. The Morgan fingerprint density at radius 3 is 2.37 bits per heavy atom. The Bertz CT molecular complexity index is 822. The molecule has 0 saturated carbocycles. The van der Waals surface area contributed by atoms with Gasteiger partial charge in [0, 0.05) is 12.0 Å². The number of benzene rings is 2. The second-order valence-electron chi connectivity index (χ2n) is 6.41. The van der Waals surface area contributed by atoms with Crippen LogP contribution in [0.15, 0.2) is 36.4 Å². The summed E-state index contributed by atoms with van der Waals surface area (Å²) in [5, 5.41) is 0. The topological polar surface area (TPSA) is 71.1 Å². The van der Waals surface area contributed by atoms with Gasteiger partial charge in [0.2, 0.25) is 0 Å². The summed E-state index contributed by atoms with van der Waals surface area (Å²) in [6.45, 7) is 4.41. The highest BCUT2D eigenvalue weighted by atomic mass is 16.6. The molecule has 3 rings (SSSR count). The van der Waals surface area contributed by atoms with Gasteiger partial charge in [-0.15, -0.1) is 0 Å². The fourth-order valence-corrected chi connectivity index (χ4v) is 2.77. The van der Waals surface area contributed by atoms with Crippen molar-refractivity contribution < 1.29 is 28.5 Å². The highest BCUT2D eigenvalue weighted by Crippen LogP contribution is 2.30. The quantitative estimate of drug-likeness (QED) is 0.574. The minimum Gasteiger partial charge on any atom is -0.490 e. The molecule has 0 saturated heterocycles. The van der Waals surface area contributed by atoms with Crippen molar-refractivity contribution in [2.75, 3.05) is 26.4 Å². The number of rotatable bonds is 6. The Balaban J connectivity index is 1.51. The van der Waals surface area contributed by atoms with Gasteiger partial charge in [-0.1, -0.05) is 6.07 Å². The predicted molar refractivity (Wildman–Crippen MR) is 98.7 cm³/mol. The van der Waals surface area contributed by atoms with Crippen molar-refractivity contribution in [3.63, 3.8) is 0 Å². The smallest absolute Gasteiger partial charge is 0.344 e. The van der Waals surface area contributed by atoms with E-state index in [0.717, 1.165) is 17.5 Å². The van der Waals surface area contributed by atoms with E-state index in [1.165, 1.54) is 0 Å². The predicted octanol–water partition coefficient (Wildman–Crippen LogP) is 3.27. The second kappa shape index (κ2) is 8.58. The first-order chi connectivity index (χ1) is 13.0. The summed E-state index contributed by atoms with van der Waals surface area (Å²) in [6.07, 6.45) is 0.788. The molecule has 1 aliphatic heterocycles. The third kappa shape index (κ3) is 5.23. The van der Waals surface area contributed by atoms with E-state index in [1.54, 1.807) is 18.2 Å². The van der Waals surface area contributed by atoms with Crippen molar-refractivity contribution in [2.45, 2.75) is 20.3 Å². The first kappa shape index (κ1) is 18.8. The standard InChI is InChI=1S/C21H22O6/c1-14-8-15(2)10-17(9-14)26-13-21(23)27-12-18(22)16-4-5-19-20(11-16)25-7-3-6-24-19/h4-5,8-11H,3,6-7,12-13H2,1-2H3. The first-order valence-electron chi connectivity index (χ1n) is 8.81. The molecule has 1 heterocycles. The zero-order valence-corrected chi connectivity index (χ0v) is 15.4. The minimum absolute atomic E-state index is 0.253. The molecule has 0 N–H and O–H groups in total. The zero-order valence-electron chi connectivity index (χ0n) is 15.4. The van der Waals surface area contributed by atoms with Crippen LogP contribution in [0.4, 0.5) is 0 Å². The van der Waals surface area contributed by atoms with Gasteiger partial charge in [0.15, 0.2) is 30.5 Å². The van der Waals surface area contributed by atoms with Crippen LogP contribution in [0.5, 0.6) is 17.2 Å². The molecule has 142 valence electrons. The van der Waals surface area contributed by atoms with Crippen molar-refractivity contribution in [1.82, 2.24) is 0 Å². The lowest BCUT2D eigenvalue weighted by Crippen LogP contribution is -2.19. The summed E-state index contributed by atoms with van der Waals surface area (Å²) >= 11 is 0. The van der Waals surface area contributed by atoms with Crippen LogP contribution in [0.3, 0.4) is 0 Å². The Morgan fingerprint density at radius 2 is 1.63 bits per heavy atom. The third-order valence-electron chi connectivity index (χ3n) is 3.99. The number of aryl methyl sites for hydroxylation is 2. The molecule has 0 spiro atoms. The molecule has 0 amide bonds. The molecule has 27 heavy (non-hydrogen) atoms. The number of carbonyl (C=O) groups is 2. The summed E-state index contributed by atoms with van der Waals surface area (Å²) < 4.78 is 21.6. The number of esters is 1. The van der Waals surface area contributed by atoms with Crippen molar-refractivity contribution in [2.24, 2.45) is 0 Å². The number of hydrogen-bond acceptors (Lipinski definition) is 6. The van der Waals surface area contributed by atoms with E-state index in [4.69, 9.17) is 18.9 Å². The van der Waals surface area contributed by atoms with Gasteiger partial charge in [0.05, 0.1) is 13.2 Å². The molecule has 0 aromatic heterocycles. The lowest BCUT2D eigenvalue weighted by molar-refractivity contribution is -0.144. The van der Waals surface area contributed by atoms with Crippen molar-refractivity contribution in [1.29, 1.82) is 0 Å².